The van der Waals surface area contributed by atoms with Gasteiger partial charge in [0.25, 0.3) is 0 Å². The molecule has 4 nitrogen and oxygen atoms in total. The summed E-state index contributed by atoms with van der Waals surface area (Å²) < 4.78 is 23.4. The van der Waals surface area contributed by atoms with Crippen LogP contribution in [0.3, 0.4) is 0 Å². The molecular formula is C13H19NO3S. The van der Waals surface area contributed by atoms with E-state index in [1.807, 2.05) is 13.8 Å². The van der Waals surface area contributed by atoms with E-state index in [4.69, 9.17) is 0 Å². The minimum absolute atomic E-state index is 0.0930. The summed E-state index contributed by atoms with van der Waals surface area (Å²) in [5.41, 5.74) is 0.384. The van der Waals surface area contributed by atoms with E-state index >= 15 is 0 Å². The van der Waals surface area contributed by atoms with Gasteiger partial charge in [0.2, 0.25) is 0 Å². The fraction of sp³-hybridized carbons (Fsp3) is 0.538. The highest BCUT2D eigenvalue weighted by molar-refractivity contribution is 7.90. The van der Waals surface area contributed by atoms with Gasteiger partial charge in [0.05, 0.1) is 16.7 Å². The minimum Gasteiger partial charge on any atom is -0.392 e. The summed E-state index contributed by atoms with van der Waals surface area (Å²) in [7, 11) is -3.24. The summed E-state index contributed by atoms with van der Waals surface area (Å²) in [6.07, 6.45) is 1.51. The number of aliphatic hydroxyl groups excluding tert-OH is 1. The Morgan fingerprint density at radius 3 is 2.44 bits per heavy atom. The molecule has 0 bridgehead atoms. The second-order valence-electron chi connectivity index (χ2n) is 5.54. The third-order valence-corrected chi connectivity index (χ3v) is 4.99. The zero-order chi connectivity index (χ0) is 13.6. The molecule has 1 aliphatic carbocycles. The molecule has 1 fully saturated rings. The summed E-state index contributed by atoms with van der Waals surface area (Å²) in [6.45, 7) is 3.95. The standard InChI is InChI=1S/C13H19NO3S/c1-13(2)11(8-12(13)15)14-9-6-4-5-7-10(9)18(3,16)17/h4-7,11-12,14-15H,8H2,1-3H3. The second-order valence-corrected chi connectivity index (χ2v) is 7.52. The maximum Gasteiger partial charge on any atom is 0.177 e. The van der Waals surface area contributed by atoms with Crippen molar-refractivity contribution in [1.29, 1.82) is 0 Å². The van der Waals surface area contributed by atoms with E-state index in [0.717, 1.165) is 0 Å². The van der Waals surface area contributed by atoms with E-state index < -0.39 is 9.84 Å². The van der Waals surface area contributed by atoms with Crippen LogP contribution in [-0.4, -0.2) is 31.9 Å². The lowest BCUT2D eigenvalue weighted by molar-refractivity contribution is -0.0511. The van der Waals surface area contributed by atoms with Gasteiger partial charge in [-0.05, 0) is 18.6 Å². The summed E-state index contributed by atoms with van der Waals surface area (Å²) in [4.78, 5) is 0.308. The van der Waals surface area contributed by atoms with Gasteiger partial charge in [-0.15, -0.1) is 0 Å². The molecule has 1 aliphatic rings. The monoisotopic (exact) mass is 269 g/mol. The van der Waals surface area contributed by atoms with Crippen molar-refractivity contribution in [1.82, 2.24) is 0 Å². The van der Waals surface area contributed by atoms with Crippen molar-refractivity contribution in [2.75, 3.05) is 11.6 Å². The topological polar surface area (TPSA) is 66.4 Å². The first-order valence-electron chi connectivity index (χ1n) is 5.96. The number of anilines is 1. The lowest BCUT2D eigenvalue weighted by Crippen LogP contribution is -2.57. The number of para-hydroxylation sites is 1. The molecular weight excluding hydrogens is 250 g/mol. The molecule has 2 unspecified atom stereocenters. The van der Waals surface area contributed by atoms with Crippen LogP contribution in [0.4, 0.5) is 5.69 Å². The Labute approximate surface area is 108 Å². The van der Waals surface area contributed by atoms with Crippen LogP contribution < -0.4 is 5.32 Å². The lowest BCUT2D eigenvalue weighted by Gasteiger charge is -2.50. The molecule has 18 heavy (non-hydrogen) atoms. The Kier molecular flexibility index (Phi) is 3.15. The summed E-state index contributed by atoms with van der Waals surface area (Å²) >= 11 is 0. The second kappa shape index (κ2) is 4.24. The Balaban J connectivity index is 2.27. The molecule has 0 radical (unpaired) electrons. The van der Waals surface area contributed by atoms with Crippen molar-refractivity contribution in [3.05, 3.63) is 24.3 Å². The molecule has 0 spiro atoms. The van der Waals surface area contributed by atoms with Gasteiger partial charge in [-0.2, -0.15) is 0 Å². The highest BCUT2D eigenvalue weighted by Crippen LogP contribution is 2.42. The van der Waals surface area contributed by atoms with Crippen molar-refractivity contribution in [3.63, 3.8) is 0 Å². The molecule has 1 aromatic carbocycles. The van der Waals surface area contributed by atoms with E-state index in [2.05, 4.69) is 5.32 Å². The molecule has 2 rings (SSSR count). The predicted octanol–water partition coefficient (Wildman–Crippen LogP) is 1.66. The van der Waals surface area contributed by atoms with Gasteiger partial charge in [-0.25, -0.2) is 8.42 Å². The van der Waals surface area contributed by atoms with Crippen molar-refractivity contribution in [2.24, 2.45) is 5.41 Å². The van der Waals surface area contributed by atoms with Gasteiger partial charge in [0, 0.05) is 17.7 Å². The lowest BCUT2D eigenvalue weighted by atomic mass is 9.64. The van der Waals surface area contributed by atoms with Crippen LogP contribution in [0.5, 0.6) is 0 Å². The third-order valence-electron chi connectivity index (χ3n) is 3.83. The maximum atomic E-state index is 11.7. The molecule has 0 amide bonds. The average molecular weight is 269 g/mol. The van der Waals surface area contributed by atoms with Gasteiger partial charge in [-0.3, -0.25) is 0 Å². The van der Waals surface area contributed by atoms with Gasteiger partial charge in [-0.1, -0.05) is 26.0 Å². The fourth-order valence-electron chi connectivity index (χ4n) is 2.24. The normalized spacial score (nSPS) is 26.4. The first kappa shape index (κ1) is 13.4. The molecule has 2 atom stereocenters. The molecule has 0 aromatic heterocycles. The number of aliphatic hydroxyl groups is 1. The van der Waals surface area contributed by atoms with Crippen molar-refractivity contribution in [2.45, 2.75) is 37.3 Å². The van der Waals surface area contributed by atoms with Crippen LogP contribution in [0, 0.1) is 5.41 Å². The Hall–Kier alpha value is -1.07. The Bertz CT molecular complexity index is 551. The van der Waals surface area contributed by atoms with Crippen LogP contribution in [0.25, 0.3) is 0 Å². The largest absolute Gasteiger partial charge is 0.392 e. The van der Waals surface area contributed by atoms with Crippen LogP contribution in [0.15, 0.2) is 29.2 Å². The number of sulfone groups is 1. The smallest absolute Gasteiger partial charge is 0.177 e. The van der Waals surface area contributed by atoms with Crippen molar-refractivity contribution < 1.29 is 13.5 Å². The number of hydrogen-bond donors (Lipinski definition) is 2. The van der Waals surface area contributed by atoms with Crippen LogP contribution >= 0.6 is 0 Å². The van der Waals surface area contributed by atoms with Gasteiger partial charge in [0.1, 0.15) is 0 Å². The summed E-state index contributed by atoms with van der Waals surface area (Å²) in [5, 5.41) is 12.9. The van der Waals surface area contributed by atoms with Crippen LogP contribution in [-0.2, 0) is 9.84 Å². The van der Waals surface area contributed by atoms with Gasteiger partial charge < -0.3 is 10.4 Å². The molecule has 1 aromatic rings. The maximum absolute atomic E-state index is 11.7. The Morgan fingerprint density at radius 1 is 1.33 bits per heavy atom. The highest BCUT2D eigenvalue weighted by Gasteiger charge is 2.47. The fourth-order valence-corrected chi connectivity index (χ4v) is 3.10. The molecule has 0 aliphatic heterocycles. The zero-order valence-electron chi connectivity index (χ0n) is 10.8. The average Bonchev–Trinajstić information content (AvgIpc) is 2.28. The highest BCUT2D eigenvalue weighted by atomic mass is 32.2. The number of hydrogen-bond acceptors (Lipinski definition) is 4. The number of rotatable bonds is 3. The first-order valence-corrected chi connectivity index (χ1v) is 7.86. The number of benzene rings is 1. The SMILES string of the molecule is CC1(C)C(O)CC1Nc1ccccc1S(C)(=O)=O. The molecule has 0 saturated heterocycles. The Morgan fingerprint density at radius 2 is 1.94 bits per heavy atom. The van der Waals surface area contributed by atoms with E-state index in [1.165, 1.54) is 6.26 Å². The molecule has 100 valence electrons. The van der Waals surface area contributed by atoms with E-state index in [-0.39, 0.29) is 17.6 Å². The third kappa shape index (κ3) is 2.24. The van der Waals surface area contributed by atoms with Crippen molar-refractivity contribution in [3.8, 4) is 0 Å². The number of nitrogens with one attached hydrogen (secondary N) is 1. The van der Waals surface area contributed by atoms with E-state index in [1.54, 1.807) is 24.3 Å². The summed E-state index contributed by atoms with van der Waals surface area (Å²) in [5.74, 6) is 0. The molecule has 1 saturated carbocycles. The first-order chi connectivity index (χ1) is 8.23. The summed E-state index contributed by atoms with van der Waals surface area (Å²) in [6, 6.07) is 6.97. The molecule has 5 heteroatoms. The van der Waals surface area contributed by atoms with E-state index in [0.29, 0.717) is 17.0 Å². The van der Waals surface area contributed by atoms with E-state index in [9.17, 15) is 13.5 Å². The zero-order valence-corrected chi connectivity index (χ0v) is 11.7. The predicted molar refractivity (Wildman–Crippen MR) is 71.4 cm³/mol. The molecule has 0 heterocycles. The van der Waals surface area contributed by atoms with Gasteiger partial charge in [0.15, 0.2) is 9.84 Å². The molecule has 2 N–H and O–H groups in total. The van der Waals surface area contributed by atoms with Gasteiger partial charge >= 0.3 is 0 Å². The quantitative estimate of drug-likeness (QED) is 0.876. The van der Waals surface area contributed by atoms with Crippen molar-refractivity contribution >= 4 is 15.5 Å². The minimum atomic E-state index is -3.24. The van der Waals surface area contributed by atoms with Crippen LogP contribution in [0.1, 0.15) is 20.3 Å². The van der Waals surface area contributed by atoms with Crippen LogP contribution in [0.2, 0.25) is 0 Å².